The van der Waals surface area contributed by atoms with Crippen LogP contribution in [0, 0.1) is 0 Å². The van der Waals surface area contributed by atoms with E-state index in [9.17, 15) is 18.3 Å². The average Bonchev–Trinajstić information content (AvgIpc) is 3.13. The molecule has 8 heteroatoms. The highest BCUT2D eigenvalue weighted by atomic mass is 32.2. The second-order valence-electron chi connectivity index (χ2n) is 6.98. The van der Waals surface area contributed by atoms with E-state index in [-0.39, 0.29) is 22.6 Å². The maximum Gasteiger partial charge on any atom is 0.337 e. The minimum atomic E-state index is -3.73. The number of hydrogen-bond donors (Lipinski definition) is 3. The van der Waals surface area contributed by atoms with E-state index in [1.54, 1.807) is 0 Å². The molecule has 0 aromatic heterocycles. The molecule has 2 fully saturated rings. The normalized spacial score (nSPS) is 21.6. The summed E-state index contributed by atoms with van der Waals surface area (Å²) in [4.78, 5) is 11.6. The third-order valence-electron chi connectivity index (χ3n) is 5.00. The monoisotopic (exact) mass is 382 g/mol. The number of nitrogens with one attached hydrogen (secondary N) is 2. The van der Waals surface area contributed by atoms with Gasteiger partial charge in [-0.05, 0) is 43.9 Å². The molecule has 26 heavy (non-hydrogen) atoms. The van der Waals surface area contributed by atoms with Crippen LogP contribution in [-0.4, -0.2) is 44.8 Å². The van der Waals surface area contributed by atoms with Gasteiger partial charge in [-0.2, -0.15) is 0 Å². The summed E-state index contributed by atoms with van der Waals surface area (Å²) in [5, 5.41) is 12.6. The maximum absolute atomic E-state index is 12.6. The van der Waals surface area contributed by atoms with Gasteiger partial charge in [0, 0.05) is 24.9 Å². The van der Waals surface area contributed by atoms with Crippen LogP contribution in [0.5, 0.6) is 0 Å². The summed E-state index contributed by atoms with van der Waals surface area (Å²) in [6, 6.07) is 4.13. The summed E-state index contributed by atoms with van der Waals surface area (Å²) in [6.07, 6.45) is 6.81. The van der Waals surface area contributed by atoms with Crippen LogP contribution in [0.25, 0.3) is 0 Å². The summed E-state index contributed by atoms with van der Waals surface area (Å²) < 4.78 is 33.5. The molecule has 7 nitrogen and oxygen atoms in total. The van der Waals surface area contributed by atoms with Gasteiger partial charge in [0.25, 0.3) is 0 Å². The first kappa shape index (κ1) is 19.1. The molecule has 0 amide bonds. The van der Waals surface area contributed by atoms with Crippen LogP contribution >= 0.6 is 0 Å². The molecule has 1 aliphatic heterocycles. The number of hydrogen-bond acceptors (Lipinski definition) is 5. The van der Waals surface area contributed by atoms with Crippen LogP contribution < -0.4 is 10.0 Å². The number of ether oxygens (including phenoxy) is 1. The Morgan fingerprint density at radius 2 is 1.92 bits per heavy atom. The van der Waals surface area contributed by atoms with Crippen molar-refractivity contribution in [3.8, 4) is 0 Å². The fourth-order valence-electron chi connectivity index (χ4n) is 3.56. The molecule has 0 radical (unpaired) electrons. The molecular weight excluding hydrogens is 356 g/mol. The average molecular weight is 382 g/mol. The topological polar surface area (TPSA) is 105 Å². The van der Waals surface area contributed by atoms with E-state index >= 15 is 0 Å². The number of carboxylic acids is 1. The van der Waals surface area contributed by atoms with E-state index in [1.807, 2.05) is 0 Å². The highest BCUT2D eigenvalue weighted by molar-refractivity contribution is 7.89. The van der Waals surface area contributed by atoms with Crippen molar-refractivity contribution in [3.05, 3.63) is 23.8 Å². The van der Waals surface area contributed by atoms with Crippen molar-refractivity contribution in [1.82, 2.24) is 4.72 Å². The van der Waals surface area contributed by atoms with Gasteiger partial charge in [-0.1, -0.05) is 19.3 Å². The number of aromatic carboxylic acids is 1. The Balaban J connectivity index is 1.74. The van der Waals surface area contributed by atoms with Gasteiger partial charge in [-0.15, -0.1) is 0 Å². The van der Waals surface area contributed by atoms with Gasteiger partial charge in [-0.3, -0.25) is 0 Å². The van der Waals surface area contributed by atoms with E-state index in [2.05, 4.69) is 10.0 Å². The zero-order chi connectivity index (χ0) is 18.6. The second-order valence-corrected chi connectivity index (χ2v) is 8.70. The lowest BCUT2D eigenvalue weighted by Gasteiger charge is -2.23. The lowest BCUT2D eigenvalue weighted by Crippen LogP contribution is -2.36. The summed E-state index contributed by atoms with van der Waals surface area (Å²) in [5.74, 6) is -1.16. The number of anilines is 1. The largest absolute Gasteiger partial charge is 0.478 e. The molecule has 1 aliphatic carbocycles. The van der Waals surface area contributed by atoms with E-state index < -0.39 is 16.0 Å². The Morgan fingerprint density at radius 3 is 2.58 bits per heavy atom. The number of benzene rings is 1. The van der Waals surface area contributed by atoms with E-state index in [0.29, 0.717) is 12.2 Å². The third kappa shape index (κ3) is 4.75. The fourth-order valence-corrected chi connectivity index (χ4v) is 4.89. The predicted molar refractivity (Wildman–Crippen MR) is 98.1 cm³/mol. The van der Waals surface area contributed by atoms with Gasteiger partial charge in [0.1, 0.15) is 0 Å². The van der Waals surface area contributed by atoms with E-state index in [4.69, 9.17) is 4.74 Å². The SMILES string of the molecule is O=C(O)c1cc(S(=O)(=O)NC2CCCCC2)ccc1NC[C@@H]1CCCO1. The second kappa shape index (κ2) is 8.37. The van der Waals surface area contributed by atoms with Gasteiger partial charge in [-0.25, -0.2) is 17.9 Å². The fraction of sp³-hybridized carbons (Fsp3) is 0.611. The quantitative estimate of drug-likeness (QED) is 0.669. The highest BCUT2D eigenvalue weighted by Crippen LogP contribution is 2.24. The van der Waals surface area contributed by atoms with E-state index in [0.717, 1.165) is 51.6 Å². The molecular formula is C18H26N2O5S. The maximum atomic E-state index is 12.6. The minimum Gasteiger partial charge on any atom is -0.478 e. The molecule has 1 saturated heterocycles. The minimum absolute atomic E-state index is 0.0110. The molecule has 1 atom stereocenters. The molecule has 0 bridgehead atoms. The van der Waals surface area contributed by atoms with E-state index in [1.165, 1.54) is 18.2 Å². The molecule has 2 aliphatic rings. The lowest BCUT2D eigenvalue weighted by molar-refractivity contribution is 0.0697. The molecule has 3 N–H and O–H groups in total. The van der Waals surface area contributed by atoms with Crippen LogP contribution in [-0.2, 0) is 14.8 Å². The predicted octanol–water partition coefficient (Wildman–Crippen LogP) is 2.59. The summed E-state index contributed by atoms with van der Waals surface area (Å²) >= 11 is 0. The number of carbonyl (C=O) groups is 1. The zero-order valence-electron chi connectivity index (χ0n) is 14.7. The smallest absolute Gasteiger partial charge is 0.337 e. The lowest BCUT2D eigenvalue weighted by atomic mass is 9.96. The van der Waals surface area contributed by atoms with Crippen molar-refractivity contribution in [3.63, 3.8) is 0 Å². The van der Waals surface area contributed by atoms with Crippen molar-refractivity contribution < 1.29 is 23.1 Å². The van der Waals surface area contributed by atoms with Crippen molar-refractivity contribution in [2.45, 2.75) is 62.0 Å². The molecule has 144 valence electrons. The van der Waals surface area contributed by atoms with Crippen LogP contribution in [0.4, 0.5) is 5.69 Å². The molecule has 3 rings (SSSR count). The Kier molecular flexibility index (Phi) is 6.16. The van der Waals surface area contributed by atoms with Crippen molar-refractivity contribution in [2.75, 3.05) is 18.5 Å². The number of carboxylic acid groups (broad SMARTS) is 1. The van der Waals surface area contributed by atoms with Gasteiger partial charge in [0.05, 0.1) is 16.6 Å². The standard InChI is InChI=1S/C18H26N2O5S/c21-18(22)16-11-15(26(23,24)20-13-5-2-1-3-6-13)8-9-17(16)19-12-14-7-4-10-25-14/h8-9,11,13-14,19-20H,1-7,10,12H2,(H,21,22)/t14-/m0/s1. The molecule has 1 heterocycles. The Hall–Kier alpha value is -1.64. The highest BCUT2D eigenvalue weighted by Gasteiger charge is 2.24. The molecule has 1 saturated carbocycles. The van der Waals surface area contributed by atoms with Gasteiger partial charge < -0.3 is 15.2 Å². The van der Waals surface area contributed by atoms with Crippen LogP contribution in [0.3, 0.4) is 0 Å². The van der Waals surface area contributed by atoms with Crippen molar-refractivity contribution in [1.29, 1.82) is 0 Å². The molecule has 1 aromatic carbocycles. The summed E-state index contributed by atoms with van der Waals surface area (Å²) in [6.45, 7) is 1.23. The number of rotatable bonds is 7. The summed E-state index contributed by atoms with van der Waals surface area (Å²) in [7, 11) is -3.73. The van der Waals surface area contributed by atoms with Crippen LogP contribution in [0.2, 0.25) is 0 Å². The van der Waals surface area contributed by atoms with Crippen LogP contribution in [0.15, 0.2) is 23.1 Å². The Labute approximate surface area is 154 Å². The molecule has 0 spiro atoms. The van der Waals surface area contributed by atoms with Crippen molar-refractivity contribution >= 4 is 21.7 Å². The molecule has 1 aromatic rings. The Bertz CT molecular complexity index is 738. The first-order chi connectivity index (χ1) is 12.5. The van der Waals surface area contributed by atoms with Gasteiger partial charge in [0.15, 0.2) is 0 Å². The summed E-state index contributed by atoms with van der Waals surface area (Å²) in [5.41, 5.74) is 0.360. The van der Waals surface area contributed by atoms with Gasteiger partial charge >= 0.3 is 5.97 Å². The van der Waals surface area contributed by atoms with Crippen molar-refractivity contribution in [2.24, 2.45) is 0 Å². The number of sulfonamides is 1. The third-order valence-corrected chi connectivity index (χ3v) is 6.52. The van der Waals surface area contributed by atoms with Gasteiger partial charge in [0.2, 0.25) is 10.0 Å². The van der Waals surface area contributed by atoms with Crippen LogP contribution in [0.1, 0.15) is 55.3 Å². The Morgan fingerprint density at radius 1 is 1.15 bits per heavy atom. The zero-order valence-corrected chi connectivity index (χ0v) is 15.6. The first-order valence-corrected chi connectivity index (χ1v) is 10.7. The first-order valence-electron chi connectivity index (χ1n) is 9.21. The molecule has 0 unspecified atom stereocenters.